The summed E-state index contributed by atoms with van der Waals surface area (Å²) in [5.41, 5.74) is 1.73. The van der Waals surface area contributed by atoms with E-state index in [1.54, 1.807) is 44.6 Å². The number of likely N-dealkylation sites (N-methyl/N-ethyl adjacent to an activating group) is 1. The molecule has 2 N–H and O–H groups in total. The number of hydrogen-bond donors (Lipinski definition) is 2. The Bertz CT molecular complexity index is 770. The van der Waals surface area contributed by atoms with Crippen molar-refractivity contribution in [1.82, 2.24) is 9.80 Å². The van der Waals surface area contributed by atoms with Gasteiger partial charge in [0.25, 0.3) is 5.91 Å². The number of aliphatic hydroxyl groups excluding tert-OH is 1. The van der Waals surface area contributed by atoms with Crippen LogP contribution in [0.4, 0.5) is 5.69 Å². The van der Waals surface area contributed by atoms with Crippen LogP contribution in [0.2, 0.25) is 0 Å². The fraction of sp³-hybridized carbons (Fsp3) is 0.333. The Morgan fingerprint density at radius 3 is 2.88 bits per heavy atom. The zero-order valence-electron chi connectivity index (χ0n) is 14.4. The lowest BCUT2D eigenvalue weighted by atomic mass is 10.1. The molecule has 2 amide bonds. The Hall–Kier alpha value is -2.80. The second-order valence-electron chi connectivity index (χ2n) is 6.23. The van der Waals surface area contributed by atoms with Crippen LogP contribution in [0.25, 0.3) is 0 Å². The Labute approximate surface area is 146 Å². The van der Waals surface area contributed by atoms with E-state index in [2.05, 4.69) is 5.32 Å². The summed E-state index contributed by atoms with van der Waals surface area (Å²) in [6, 6.07) is 4.72. The van der Waals surface area contributed by atoms with Crippen LogP contribution < -0.4 is 10.1 Å². The van der Waals surface area contributed by atoms with Crippen molar-refractivity contribution in [1.29, 1.82) is 0 Å². The number of nitrogens with one attached hydrogen (secondary N) is 1. The summed E-state index contributed by atoms with van der Waals surface area (Å²) in [6.07, 6.45) is 4.33. The maximum Gasteiger partial charge on any atom is 0.260 e. The van der Waals surface area contributed by atoms with Gasteiger partial charge in [-0.15, -0.1) is 0 Å². The van der Waals surface area contributed by atoms with E-state index in [4.69, 9.17) is 4.74 Å². The van der Waals surface area contributed by atoms with Crippen LogP contribution in [-0.2, 0) is 4.79 Å². The Morgan fingerprint density at radius 2 is 2.20 bits per heavy atom. The van der Waals surface area contributed by atoms with Crippen molar-refractivity contribution in [2.75, 3.05) is 26.5 Å². The summed E-state index contributed by atoms with van der Waals surface area (Å²) in [4.78, 5) is 27.6. The first-order valence-electron chi connectivity index (χ1n) is 7.96. The average Bonchev–Trinajstić information content (AvgIpc) is 2.99. The zero-order chi connectivity index (χ0) is 18.1. The van der Waals surface area contributed by atoms with Crippen LogP contribution in [0, 0.1) is 0 Å². The predicted molar refractivity (Wildman–Crippen MR) is 93.1 cm³/mol. The molecule has 2 aliphatic rings. The van der Waals surface area contributed by atoms with Crippen LogP contribution in [-0.4, -0.2) is 60.2 Å². The van der Waals surface area contributed by atoms with Gasteiger partial charge in [-0.25, -0.2) is 0 Å². The number of carbonyl (C=O) groups excluding carboxylic acids is 2. The van der Waals surface area contributed by atoms with E-state index in [1.807, 2.05) is 0 Å². The number of allylic oxidation sites excluding steroid dienone is 1. The second kappa shape index (κ2) is 6.60. The first-order chi connectivity index (χ1) is 11.9. The summed E-state index contributed by atoms with van der Waals surface area (Å²) in [6.45, 7) is 0. The minimum absolute atomic E-state index is 0.136. The number of amides is 2. The molecule has 7 heteroatoms. The third kappa shape index (κ3) is 3.10. The Kier molecular flexibility index (Phi) is 4.50. The van der Waals surface area contributed by atoms with Gasteiger partial charge in [-0.3, -0.25) is 9.59 Å². The number of nitrogens with zero attached hydrogens (tertiary/aromatic N) is 2. The van der Waals surface area contributed by atoms with Gasteiger partial charge in [0.05, 0.1) is 24.4 Å². The average molecular weight is 343 g/mol. The lowest BCUT2D eigenvalue weighted by molar-refractivity contribution is -0.123. The molecule has 25 heavy (non-hydrogen) atoms. The summed E-state index contributed by atoms with van der Waals surface area (Å²) in [5, 5.41) is 13.5. The smallest absolute Gasteiger partial charge is 0.260 e. The van der Waals surface area contributed by atoms with Gasteiger partial charge in [0.15, 0.2) is 0 Å². The highest BCUT2D eigenvalue weighted by Gasteiger charge is 2.39. The van der Waals surface area contributed by atoms with Gasteiger partial charge < -0.3 is 25.0 Å². The molecule has 1 aromatic carbocycles. The number of hydrogen-bond acceptors (Lipinski definition) is 5. The molecule has 0 saturated carbocycles. The minimum atomic E-state index is -0.951. The van der Waals surface area contributed by atoms with E-state index in [-0.39, 0.29) is 11.8 Å². The minimum Gasteiger partial charge on any atom is -0.495 e. The molecule has 0 spiro atoms. The molecule has 1 aromatic rings. The molecule has 0 fully saturated rings. The van der Waals surface area contributed by atoms with Crippen molar-refractivity contribution in [3.63, 3.8) is 0 Å². The largest absolute Gasteiger partial charge is 0.495 e. The zero-order valence-corrected chi connectivity index (χ0v) is 14.4. The van der Waals surface area contributed by atoms with Crippen LogP contribution in [0.5, 0.6) is 5.75 Å². The second-order valence-corrected chi connectivity index (χ2v) is 6.23. The standard InChI is InChI=1S/C18H21N3O4/c1-20(2)15(22)8-7-11-9-13-17(23)19-16-12(18(24)21(13)10-11)5-4-6-14(16)25-3/h4-8,10,13,17,19,23H,9H2,1-3H3/b8-7+/t13-,17+/m0/s1. The number of methoxy groups -OCH3 is 1. The SMILES string of the molecule is COc1cccc2c1N[C@H](O)[C@@H]1CC(/C=C/C(=O)N(C)C)=CN1C2=O. The van der Waals surface area contributed by atoms with Crippen LogP contribution in [0.15, 0.2) is 42.1 Å². The molecule has 2 heterocycles. The number of anilines is 1. The normalized spacial score (nSPS) is 22.0. The quantitative estimate of drug-likeness (QED) is 0.806. The van der Waals surface area contributed by atoms with Gasteiger partial charge in [-0.05, 0) is 24.1 Å². The third-order valence-corrected chi connectivity index (χ3v) is 4.36. The van der Waals surface area contributed by atoms with E-state index in [1.165, 1.54) is 23.0 Å². The highest BCUT2D eigenvalue weighted by atomic mass is 16.5. The molecule has 0 aromatic heterocycles. The molecule has 2 atom stereocenters. The fourth-order valence-corrected chi connectivity index (χ4v) is 2.99. The lowest BCUT2D eigenvalue weighted by Crippen LogP contribution is -2.42. The van der Waals surface area contributed by atoms with Crippen molar-refractivity contribution >= 4 is 17.5 Å². The van der Waals surface area contributed by atoms with Gasteiger partial charge in [0.1, 0.15) is 12.0 Å². The molecule has 0 saturated heterocycles. The van der Waals surface area contributed by atoms with Gasteiger partial charge in [0, 0.05) is 26.4 Å². The number of rotatable bonds is 3. The number of fused-ring (bicyclic) bond motifs is 2. The molecule has 0 aliphatic carbocycles. The maximum atomic E-state index is 12.9. The first kappa shape index (κ1) is 17.0. The third-order valence-electron chi connectivity index (χ3n) is 4.36. The lowest BCUT2D eigenvalue weighted by Gasteiger charge is -2.24. The van der Waals surface area contributed by atoms with Gasteiger partial charge >= 0.3 is 0 Å². The molecular weight excluding hydrogens is 322 g/mol. The Balaban J connectivity index is 1.92. The van der Waals surface area contributed by atoms with E-state index in [0.29, 0.717) is 23.4 Å². The molecule has 132 valence electrons. The fourth-order valence-electron chi connectivity index (χ4n) is 2.99. The van der Waals surface area contributed by atoms with E-state index in [9.17, 15) is 14.7 Å². The van der Waals surface area contributed by atoms with Crippen LogP contribution >= 0.6 is 0 Å². The van der Waals surface area contributed by atoms with Crippen molar-refractivity contribution in [3.8, 4) is 5.75 Å². The van der Waals surface area contributed by atoms with Gasteiger partial charge in [-0.2, -0.15) is 0 Å². The van der Waals surface area contributed by atoms with E-state index in [0.717, 1.165) is 5.57 Å². The summed E-state index contributed by atoms with van der Waals surface area (Å²) in [7, 11) is 4.86. The molecule has 0 radical (unpaired) electrons. The number of aliphatic hydroxyl groups is 1. The summed E-state index contributed by atoms with van der Waals surface area (Å²) in [5.74, 6) is 0.153. The van der Waals surface area contributed by atoms with Crippen molar-refractivity contribution in [3.05, 3.63) is 47.7 Å². The Morgan fingerprint density at radius 1 is 1.44 bits per heavy atom. The number of ether oxygens (including phenoxy) is 1. The number of para-hydroxylation sites is 1. The van der Waals surface area contributed by atoms with Gasteiger partial charge in [0.2, 0.25) is 5.91 Å². The molecule has 0 unspecified atom stereocenters. The van der Waals surface area contributed by atoms with Gasteiger partial charge in [-0.1, -0.05) is 12.1 Å². The van der Waals surface area contributed by atoms with Crippen molar-refractivity contribution in [2.45, 2.75) is 18.7 Å². The molecule has 2 aliphatic heterocycles. The summed E-state index contributed by atoms with van der Waals surface area (Å²) >= 11 is 0. The molecular formula is C18H21N3O4. The van der Waals surface area contributed by atoms with Crippen LogP contribution in [0.1, 0.15) is 16.8 Å². The van der Waals surface area contributed by atoms with Crippen LogP contribution in [0.3, 0.4) is 0 Å². The number of carbonyl (C=O) groups is 2. The monoisotopic (exact) mass is 343 g/mol. The molecule has 3 rings (SSSR count). The molecule has 7 nitrogen and oxygen atoms in total. The highest BCUT2D eigenvalue weighted by Crippen LogP contribution is 2.37. The van der Waals surface area contributed by atoms with E-state index >= 15 is 0 Å². The first-order valence-corrected chi connectivity index (χ1v) is 7.96. The topological polar surface area (TPSA) is 82.1 Å². The predicted octanol–water partition coefficient (Wildman–Crippen LogP) is 1.18. The number of benzene rings is 1. The molecule has 0 bridgehead atoms. The van der Waals surface area contributed by atoms with Crippen molar-refractivity contribution in [2.24, 2.45) is 0 Å². The van der Waals surface area contributed by atoms with Crippen molar-refractivity contribution < 1.29 is 19.4 Å². The van der Waals surface area contributed by atoms with E-state index < -0.39 is 12.3 Å². The maximum absolute atomic E-state index is 12.9. The summed E-state index contributed by atoms with van der Waals surface area (Å²) < 4.78 is 5.28. The highest BCUT2D eigenvalue weighted by molar-refractivity contribution is 6.02.